The summed E-state index contributed by atoms with van der Waals surface area (Å²) in [5, 5.41) is 17.0. The van der Waals surface area contributed by atoms with E-state index in [1.54, 1.807) is 0 Å². The second-order valence-electron chi connectivity index (χ2n) is 4.03. The number of hydrogen-bond acceptors (Lipinski definition) is 3. The van der Waals surface area contributed by atoms with Crippen molar-refractivity contribution in [2.24, 2.45) is 0 Å². The molecule has 0 saturated carbocycles. The number of benzene rings is 1. The van der Waals surface area contributed by atoms with Crippen LogP contribution < -0.4 is 0 Å². The van der Waals surface area contributed by atoms with Crippen LogP contribution in [0.1, 0.15) is 30.3 Å². The Morgan fingerprint density at radius 3 is 2.67 bits per heavy atom. The van der Waals surface area contributed by atoms with E-state index in [1.165, 1.54) is 0 Å². The van der Waals surface area contributed by atoms with Crippen molar-refractivity contribution in [1.82, 2.24) is 15.0 Å². The van der Waals surface area contributed by atoms with Gasteiger partial charge in [-0.25, -0.2) is 4.68 Å². The van der Waals surface area contributed by atoms with E-state index in [9.17, 15) is 0 Å². The molecule has 0 aliphatic heterocycles. The van der Waals surface area contributed by atoms with Crippen LogP contribution in [0.15, 0.2) is 28.7 Å². The number of halogens is 1. The topological polar surface area (TPSA) is 54.5 Å². The zero-order valence-electron chi connectivity index (χ0n) is 10.1. The molecule has 0 bridgehead atoms. The van der Waals surface area contributed by atoms with E-state index in [1.807, 2.05) is 28.9 Å². The summed E-state index contributed by atoms with van der Waals surface area (Å²) in [5.41, 5.74) is 2.50. The third kappa shape index (κ3) is 2.77. The first-order valence-corrected chi connectivity index (χ1v) is 6.60. The van der Waals surface area contributed by atoms with Crippen LogP contribution in [0, 0.1) is 11.3 Å². The molecule has 0 atom stereocenters. The van der Waals surface area contributed by atoms with Crippen molar-refractivity contribution in [2.45, 2.75) is 26.3 Å². The fourth-order valence-corrected chi connectivity index (χ4v) is 2.06. The molecule has 2 aromatic rings. The summed E-state index contributed by atoms with van der Waals surface area (Å²) in [7, 11) is 0. The molecule has 18 heavy (non-hydrogen) atoms. The summed E-state index contributed by atoms with van der Waals surface area (Å²) >= 11 is 3.41. The van der Waals surface area contributed by atoms with Gasteiger partial charge in [0.15, 0.2) is 5.69 Å². The lowest BCUT2D eigenvalue weighted by Gasteiger charge is -2.05. The van der Waals surface area contributed by atoms with Gasteiger partial charge in [-0.15, -0.1) is 5.10 Å². The maximum atomic E-state index is 8.99. The van der Waals surface area contributed by atoms with Crippen molar-refractivity contribution < 1.29 is 0 Å². The molecule has 0 radical (unpaired) electrons. The molecule has 92 valence electrons. The van der Waals surface area contributed by atoms with E-state index in [-0.39, 0.29) is 0 Å². The third-order valence-corrected chi connectivity index (χ3v) is 3.20. The summed E-state index contributed by atoms with van der Waals surface area (Å²) in [6, 6.07) is 10.2. The van der Waals surface area contributed by atoms with Gasteiger partial charge in [-0.1, -0.05) is 46.6 Å². The Morgan fingerprint density at radius 1 is 1.33 bits per heavy atom. The van der Waals surface area contributed by atoms with Crippen LogP contribution in [0.4, 0.5) is 0 Å². The second kappa shape index (κ2) is 5.78. The first kappa shape index (κ1) is 12.8. The Labute approximate surface area is 114 Å². The predicted octanol–water partition coefficient (Wildman–Crippen LogP) is 2.91. The van der Waals surface area contributed by atoms with Crippen molar-refractivity contribution in [1.29, 1.82) is 5.26 Å². The van der Waals surface area contributed by atoms with Crippen LogP contribution in [0.3, 0.4) is 0 Å². The highest BCUT2D eigenvalue weighted by Crippen LogP contribution is 2.13. The van der Waals surface area contributed by atoms with Gasteiger partial charge in [-0.2, -0.15) is 5.26 Å². The van der Waals surface area contributed by atoms with Gasteiger partial charge < -0.3 is 0 Å². The van der Waals surface area contributed by atoms with Crippen LogP contribution in [-0.2, 0) is 13.0 Å². The smallest absolute Gasteiger partial charge is 0.185 e. The van der Waals surface area contributed by atoms with Crippen molar-refractivity contribution in [3.05, 3.63) is 45.7 Å². The molecule has 0 amide bonds. The first-order valence-electron chi connectivity index (χ1n) is 5.81. The normalized spacial score (nSPS) is 10.3. The molecular formula is C13H13BrN4. The average molecular weight is 305 g/mol. The van der Waals surface area contributed by atoms with Gasteiger partial charge in [0.25, 0.3) is 0 Å². The minimum Gasteiger partial charge on any atom is -0.244 e. The van der Waals surface area contributed by atoms with Gasteiger partial charge in [-0.05, 0) is 24.1 Å². The molecule has 0 saturated heterocycles. The first-order chi connectivity index (χ1) is 8.74. The molecule has 0 unspecified atom stereocenters. The van der Waals surface area contributed by atoms with Gasteiger partial charge in [0.1, 0.15) is 6.07 Å². The average Bonchev–Trinajstić information content (AvgIpc) is 2.75. The Balaban J connectivity index is 2.26. The van der Waals surface area contributed by atoms with E-state index in [2.05, 4.69) is 39.2 Å². The lowest BCUT2D eigenvalue weighted by atomic mass is 10.2. The van der Waals surface area contributed by atoms with Crippen LogP contribution in [-0.4, -0.2) is 15.0 Å². The molecule has 1 aromatic carbocycles. The molecule has 0 N–H and O–H groups in total. The zero-order valence-corrected chi connectivity index (χ0v) is 11.7. The van der Waals surface area contributed by atoms with Crippen LogP contribution in [0.2, 0.25) is 0 Å². The summed E-state index contributed by atoms with van der Waals surface area (Å²) in [4.78, 5) is 0. The van der Waals surface area contributed by atoms with Gasteiger partial charge in [0.05, 0.1) is 12.2 Å². The monoisotopic (exact) mass is 304 g/mol. The number of aromatic nitrogens is 3. The maximum absolute atomic E-state index is 8.99. The van der Waals surface area contributed by atoms with Crippen LogP contribution in [0.25, 0.3) is 0 Å². The molecule has 4 nitrogen and oxygen atoms in total. The minimum atomic E-state index is 0.439. The van der Waals surface area contributed by atoms with E-state index < -0.39 is 0 Å². The van der Waals surface area contributed by atoms with Gasteiger partial charge in [-0.3, -0.25) is 0 Å². The number of nitrogens with zero attached hydrogens (tertiary/aromatic N) is 4. The third-order valence-electron chi connectivity index (χ3n) is 2.68. The Bertz CT molecular complexity index is 566. The van der Waals surface area contributed by atoms with Crippen molar-refractivity contribution in [3.63, 3.8) is 0 Å². The Kier molecular flexibility index (Phi) is 4.11. The van der Waals surface area contributed by atoms with Crippen molar-refractivity contribution >= 4 is 15.9 Å². The van der Waals surface area contributed by atoms with Crippen molar-refractivity contribution in [3.8, 4) is 6.07 Å². The van der Waals surface area contributed by atoms with Gasteiger partial charge in [0, 0.05) is 4.47 Å². The van der Waals surface area contributed by atoms with Crippen molar-refractivity contribution in [2.75, 3.05) is 0 Å². The molecule has 1 aromatic heterocycles. The fraction of sp³-hybridized carbons (Fsp3) is 0.308. The van der Waals surface area contributed by atoms with Crippen LogP contribution >= 0.6 is 15.9 Å². The molecule has 0 aliphatic rings. The number of hydrogen-bond donors (Lipinski definition) is 0. The fourth-order valence-electron chi connectivity index (χ4n) is 1.79. The molecule has 1 heterocycles. The van der Waals surface area contributed by atoms with E-state index >= 15 is 0 Å². The minimum absolute atomic E-state index is 0.439. The maximum Gasteiger partial charge on any atom is 0.185 e. The van der Waals surface area contributed by atoms with Gasteiger partial charge in [0.2, 0.25) is 0 Å². The van der Waals surface area contributed by atoms with E-state index in [4.69, 9.17) is 5.26 Å². The number of nitriles is 1. The lowest BCUT2D eigenvalue weighted by molar-refractivity contribution is 0.613. The summed E-state index contributed by atoms with van der Waals surface area (Å²) in [6.07, 6.45) is 1.80. The molecule has 0 aliphatic carbocycles. The standard InChI is InChI=1S/C13H13BrN4/c1-2-3-13-12(8-15)16-17-18(13)9-10-4-6-11(14)7-5-10/h4-7H,2-3,9H2,1H3. The molecular weight excluding hydrogens is 292 g/mol. The number of rotatable bonds is 4. The highest BCUT2D eigenvalue weighted by Gasteiger charge is 2.11. The molecule has 5 heteroatoms. The van der Waals surface area contributed by atoms with Crippen LogP contribution in [0.5, 0.6) is 0 Å². The molecule has 2 rings (SSSR count). The summed E-state index contributed by atoms with van der Waals surface area (Å²) in [6.45, 7) is 2.73. The zero-order chi connectivity index (χ0) is 13.0. The SMILES string of the molecule is CCCc1c(C#N)nnn1Cc1ccc(Br)cc1. The van der Waals surface area contributed by atoms with E-state index in [0.29, 0.717) is 12.2 Å². The highest BCUT2D eigenvalue weighted by molar-refractivity contribution is 9.10. The summed E-state index contributed by atoms with van der Waals surface area (Å²) < 4.78 is 2.86. The Morgan fingerprint density at radius 2 is 2.06 bits per heavy atom. The molecule has 0 spiro atoms. The lowest BCUT2D eigenvalue weighted by Crippen LogP contribution is -2.07. The second-order valence-corrected chi connectivity index (χ2v) is 4.95. The Hall–Kier alpha value is -1.67. The predicted molar refractivity (Wildman–Crippen MR) is 72.0 cm³/mol. The van der Waals surface area contributed by atoms with E-state index in [0.717, 1.165) is 28.6 Å². The highest BCUT2D eigenvalue weighted by atomic mass is 79.9. The van der Waals surface area contributed by atoms with Gasteiger partial charge >= 0.3 is 0 Å². The largest absolute Gasteiger partial charge is 0.244 e. The quantitative estimate of drug-likeness (QED) is 0.872. The molecule has 0 fully saturated rings. The summed E-state index contributed by atoms with van der Waals surface area (Å²) in [5.74, 6) is 0.